The Bertz CT molecular complexity index is 1070. The van der Waals surface area contributed by atoms with E-state index in [0.29, 0.717) is 0 Å². The number of benzene rings is 3. The third-order valence-electron chi connectivity index (χ3n) is 7.21. The zero-order valence-electron chi connectivity index (χ0n) is 20.6. The van der Waals surface area contributed by atoms with Crippen LogP contribution in [0.15, 0.2) is 72.8 Å². The monoisotopic (exact) mass is 476 g/mol. The summed E-state index contributed by atoms with van der Waals surface area (Å²) in [5.41, 5.74) is 4.14. The van der Waals surface area contributed by atoms with E-state index in [9.17, 15) is 13.6 Å². The number of amides is 1. The quantitative estimate of drug-likeness (QED) is 0.413. The molecule has 1 N–H and O–H groups in total. The molecule has 184 valence electrons. The average molecular weight is 477 g/mol. The number of piperidine rings is 1. The average Bonchev–Trinajstić information content (AvgIpc) is 2.84. The van der Waals surface area contributed by atoms with E-state index in [1.165, 1.54) is 35.4 Å². The first-order valence-corrected chi connectivity index (χ1v) is 12.4. The van der Waals surface area contributed by atoms with Gasteiger partial charge in [-0.1, -0.05) is 54.1 Å². The van der Waals surface area contributed by atoms with Gasteiger partial charge in [0.25, 0.3) is 0 Å². The van der Waals surface area contributed by atoms with E-state index < -0.39 is 0 Å². The van der Waals surface area contributed by atoms with Crippen LogP contribution in [0.3, 0.4) is 0 Å². The van der Waals surface area contributed by atoms with Gasteiger partial charge in [0.15, 0.2) is 0 Å². The Balaban J connectivity index is 1.40. The van der Waals surface area contributed by atoms with E-state index in [0.717, 1.165) is 56.4 Å². The zero-order valence-corrected chi connectivity index (χ0v) is 20.6. The minimum Gasteiger partial charge on any atom is -0.347 e. The molecule has 0 bridgehead atoms. The molecule has 3 aromatic rings. The number of carbonyl (C=O) groups excluding carboxylic acids is 1. The molecule has 1 fully saturated rings. The van der Waals surface area contributed by atoms with Crippen molar-refractivity contribution in [1.82, 2.24) is 10.2 Å². The molecule has 0 unspecified atom stereocenters. The highest BCUT2D eigenvalue weighted by Crippen LogP contribution is 2.34. The fourth-order valence-corrected chi connectivity index (χ4v) is 5.36. The van der Waals surface area contributed by atoms with Gasteiger partial charge in [-0.15, -0.1) is 0 Å². The predicted molar refractivity (Wildman–Crippen MR) is 136 cm³/mol. The van der Waals surface area contributed by atoms with Crippen molar-refractivity contribution in [3.8, 4) is 0 Å². The van der Waals surface area contributed by atoms with Gasteiger partial charge in [-0.2, -0.15) is 0 Å². The Morgan fingerprint density at radius 3 is 2.03 bits per heavy atom. The summed E-state index contributed by atoms with van der Waals surface area (Å²) in [4.78, 5) is 14.5. The summed E-state index contributed by atoms with van der Waals surface area (Å²) < 4.78 is 27.0. The maximum absolute atomic E-state index is 13.5. The molecule has 4 rings (SSSR count). The molecular weight excluding hydrogens is 442 g/mol. The lowest BCUT2D eigenvalue weighted by molar-refractivity contribution is -0.121. The molecule has 3 nitrogen and oxygen atoms in total. The van der Waals surface area contributed by atoms with Crippen LogP contribution < -0.4 is 5.32 Å². The number of hydrogen-bond acceptors (Lipinski definition) is 2. The van der Waals surface area contributed by atoms with Gasteiger partial charge in [-0.3, -0.25) is 4.79 Å². The van der Waals surface area contributed by atoms with Crippen molar-refractivity contribution >= 4 is 5.91 Å². The van der Waals surface area contributed by atoms with Gasteiger partial charge in [0.2, 0.25) is 5.91 Å². The van der Waals surface area contributed by atoms with E-state index in [1.807, 2.05) is 24.3 Å². The highest BCUT2D eigenvalue weighted by molar-refractivity contribution is 5.74. The van der Waals surface area contributed by atoms with Crippen molar-refractivity contribution in [2.45, 2.75) is 51.0 Å². The van der Waals surface area contributed by atoms with E-state index in [2.05, 4.69) is 41.4 Å². The number of likely N-dealkylation sites (tertiary alicyclic amines) is 1. The Morgan fingerprint density at radius 1 is 0.943 bits per heavy atom. The van der Waals surface area contributed by atoms with Crippen LogP contribution >= 0.6 is 0 Å². The SMILES string of the molecule is CC(=O)NC1(c2cccc(C)c2)CCN(CCCC(c2ccc(F)cc2)c2ccc(F)cc2)CC1. The standard InChI is InChI=1S/C30H34F2N2O/c1-22-5-3-6-26(21-22)30(33-23(2)35)16-19-34(20-17-30)18-4-7-29(24-8-12-27(31)13-9-24)25-10-14-28(32)15-11-25/h3,5-6,8-15,21,29H,4,7,16-20H2,1-2H3,(H,33,35). The summed E-state index contributed by atoms with van der Waals surface area (Å²) in [6.07, 6.45) is 3.60. The fourth-order valence-electron chi connectivity index (χ4n) is 5.36. The van der Waals surface area contributed by atoms with Crippen molar-refractivity contribution < 1.29 is 13.6 Å². The molecule has 0 aliphatic carbocycles. The van der Waals surface area contributed by atoms with Crippen molar-refractivity contribution in [2.24, 2.45) is 0 Å². The largest absolute Gasteiger partial charge is 0.347 e. The van der Waals surface area contributed by atoms with Gasteiger partial charge in [0.1, 0.15) is 11.6 Å². The molecule has 5 heteroatoms. The normalized spacial score (nSPS) is 15.8. The second-order valence-corrected chi connectivity index (χ2v) is 9.77. The summed E-state index contributed by atoms with van der Waals surface area (Å²) in [5.74, 6) is -0.416. The molecule has 0 spiro atoms. The van der Waals surface area contributed by atoms with Crippen LogP contribution in [0.5, 0.6) is 0 Å². The molecule has 1 aliphatic rings. The van der Waals surface area contributed by atoms with E-state index in [1.54, 1.807) is 6.92 Å². The number of carbonyl (C=O) groups is 1. The molecule has 1 saturated heterocycles. The van der Waals surface area contributed by atoms with Gasteiger partial charge >= 0.3 is 0 Å². The van der Waals surface area contributed by atoms with Gasteiger partial charge in [-0.25, -0.2) is 8.78 Å². The molecule has 1 aliphatic heterocycles. The van der Waals surface area contributed by atoms with E-state index in [4.69, 9.17) is 0 Å². The van der Waals surface area contributed by atoms with Crippen LogP contribution in [-0.2, 0) is 10.3 Å². The Labute approximate surface area is 207 Å². The van der Waals surface area contributed by atoms with Crippen LogP contribution in [0.4, 0.5) is 8.78 Å². The zero-order chi connectivity index (χ0) is 24.8. The second-order valence-electron chi connectivity index (χ2n) is 9.77. The fraction of sp³-hybridized carbons (Fsp3) is 0.367. The number of rotatable bonds is 8. The molecule has 1 amide bonds. The Morgan fingerprint density at radius 2 is 1.51 bits per heavy atom. The molecule has 3 aromatic carbocycles. The number of hydrogen-bond donors (Lipinski definition) is 1. The predicted octanol–water partition coefficient (Wildman–Crippen LogP) is 6.31. The topological polar surface area (TPSA) is 32.3 Å². The third-order valence-corrected chi connectivity index (χ3v) is 7.21. The van der Waals surface area contributed by atoms with Crippen molar-refractivity contribution in [3.05, 3.63) is 107 Å². The summed E-state index contributed by atoms with van der Waals surface area (Å²) >= 11 is 0. The molecule has 35 heavy (non-hydrogen) atoms. The van der Waals surface area contributed by atoms with Crippen LogP contribution in [0, 0.1) is 18.6 Å². The third kappa shape index (κ3) is 6.34. The first-order valence-electron chi connectivity index (χ1n) is 12.4. The smallest absolute Gasteiger partial charge is 0.217 e. The molecule has 0 saturated carbocycles. The molecule has 0 aromatic heterocycles. The van der Waals surface area contributed by atoms with Crippen LogP contribution in [-0.4, -0.2) is 30.4 Å². The number of nitrogens with zero attached hydrogens (tertiary/aromatic N) is 1. The molecule has 1 heterocycles. The van der Waals surface area contributed by atoms with Crippen molar-refractivity contribution in [1.29, 1.82) is 0 Å². The molecule has 0 atom stereocenters. The lowest BCUT2D eigenvalue weighted by atomic mass is 9.80. The van der Waals surface area contributed by atoms with Crippen LogP contribution in [0.1, 0.15) is 60.8 Å². The maximum atomic E-state index is 13.5. The lowest BCUT2D eigenvalue weighted by Gasteiger charge is -2.43. The summed E-state index contributed by atoms with van der Waals surface area (Å²) in [6, 6.07) is 21.7. The molecule has 0 radical (unpaired) electrons. The van der Waals surface area contributed by atoms with Gasteiger partial charge < -0.3 is 10.2 Å². The van der Waals surface area contributed by atoms with Gasteiger partial charge in [-0.05, 0) is 80.1 Å². The van der Waals surface area contributed by atoms with Crippen molar-refractivity contribution in [3.63, 3.8) is 0 Å². The Hall–Kier alpha value is -3.05. The van der Waals surface area contributed by atoms with Crippen molar-refractivity contribution in [2.75, 3.05) is 19.6 Å². The second kappa shape index (κ2) is 11.1. The summed E-state index contributed by atoms with van der Waals surface area (Å²) in [6.45, 7) is 6.44. The summed E-state index contributed by atoms with van der Waals surface area (Å²) in [7, 11) is 0. The molecular formula is C30H34F2N2O. The van der Waals surface area contributed by atoms with E-state index >= 15 is 0 Å². The van der Waals surface area contributed by atoms with Crippen LogP contribution in [0.2, 0.25) is 0 Å². The first kappa shape index (κ1) is 25.1. The van der Waals surface area contributed by atoms with Gasteiger partial charge in [0, 0.05) is 25.9 Å². The number of nitrogens with one attached hydrogen (secondary N) is 1. The highest BCUT2D eigenvalue weighted by Gasteiger charge is 2.36. The minimum absolute atomic E-state index is 0.00129. The Kier molecular flexibility index (Phi) is 7.97. The minimum atomic E-state index is -0.320. The number of aryl methyl sites for hydroxylation is 1. The highest BCUT2D eigenvalue weighted by atomic mass is 19.1. The van der Waals surface area contributed by atoms with Crippen LogP contribution in [0.25, 0.3) is 0 Å². The number of halogens is 2. The maximum Gasteiger partial charge on any atom is 0.217 e. The first-order chi connectivity index (χ1) is 16.8. The van der Waals surface area contributed by atoms with E-state index in [-0.39, 0.29) is 29.0 Å². The summed E-state index contributed by atoms with van der Waals surface area (Å²) in [5, 5.41) is 3.26. The van der Waals surface area contributed by atoms with Gasteiger partial charge in [0.05, 0.1) is 5.54 Å². The lowest BCUT2D eigenvalue weighted by Crippen LogP contribution is -2.52.